The summed E-state index contributed by atoms with van der Waals surface area (Å²) in [5.74, 6) is -0.926. The second-order valence-electron chi connectivity index (χ2n) is 16.7. The summed E-state index contributed by atoms with van der Waals surface area (Å²) in [4.78, 5) is 37.9. The van der Waals surface area contributed by atoms with Gasteiger partial charge in [0, 0.05) is 19.3 Å². The standard InChI is InChI=1S/C55H94O6/c1-4-7-10-13-16-19-22-25-27-28-31-33-36-39-42-45-48-54(57)60-51-52(50-59-53(56)47-44-41-38-35-32-29-24-21-18-15-12-9-6-3)61-55(58)49-46-43-40-37-34-30-26-23-20-17-14-11-8-5-2/h7-8,10-11,16-17,19-20,25,27,31,33,52H,4-6,9,12-15,18,21-24,26,28-30,32,34-51H2,1-3H3/b10-7-,11-8-,19-16-,20-17-,27-25-,33-31-. The lowest BCUT2D eigenvalue weighted by Crippen LogP contribution is -2.30. The van der Waals surface area contributed by atoms with Gasteiger partial charge in [0.15, 0.2) is 6.10 Å². The number of ether oxygens (including phenoxy) is 3. The first-order chi connectivity index (χ1) is 30.0. The van der Waals surface area contributed by atoms with Gasteiger partial charge >= 0.3 is 17.9 Å². The molecule has 1 atom stereocenters. The average molecular weight is 851 g/mol. The van der Waals surface area contributed by atoms with Crippen LogP contribution >= 0.6 is 0 Å². The van der Waals surface area contributed by atoms with Crippen LogP contribution in [0, 0.1) is 0 Å². The van der Waals surface area contributed by atoms with Crippen molar-refractivity contribution >= 4 is 17.9 Å². The van der Waals surface area contributed by atoms with E-state index in [1.807, 2.05) is 0 Å². The summed E-state index contributed by atoms with van der Waals surface area (Å²) in [6.07, 6.45) is 61.7. The summed E-state index contributed by atoms with van der Waals surface area (Å²) in [7, 11) is 0. The molecule has 6 nitrogen and oxygen atoms in total. The molecule has 0 saturated carbocycles. The summed E-state index contributed by atoms with van der Waals surface area (Å²) in [5.41, 5.74) is 0. The van der Waals surface area contributed by atoms with E-state index in [1.165, 1.54) is 89.9 Å². The van der Waals surface area contributed by atoms with Crippen molar-refractivity contribution in [2.45, 2.75) is 245 Å². The first kappa shape index (κ1) is 57.9. The minimum absolute atomic E-state index is 0.0875. The molecule has 0 spiro atoms. The normalized spacial score (nSPS) is 12.6. The Bertz CT molecular complexity index is 1160. The number of carbonyl (C=O) groups is 3. The highest BCUT2D eigenvalue weighted by Crippen LogP contribution is 2.15. The van der Waals surface area contributed by atoms with Crippen molar-refractivity contribution in [2.24, 2.45) is 0 Å². The third-order valence-corrected chi connectivity index (χ3v) is 10.7. The number of hydrogen-bond donors (Lipinski definition) is 0. The van der Waals surface area contributed by atoms with Gasteiger partial charge in [-0.1, -0.05) is 209 Å². The molecule has 0 fully saturated rings. The van der Waals surface area contributed by atoms with Crippen LogP contribution in [0.5, 0.6) is 0 Å². The van der Waals surface area contributed by atoms with Gasteiger partial charge in [0.1, 0.15) is 13.2 Å². The van der Waals surface area contributed by atoms with Crippen LogP contribution in [-0.4, -0.2) is 37.2 Å². The van der Waals surface area contributed by atoms with Gasteiger partial charge in [-0.2, -0.15) is 0 Å². The van der Waals surface area contributed by atoms with Crippen LogP contribution in [0.4, 0.5) is 0 Å². The van der Waals surface area contributed by atoms with Crippen molar-refractivity contribution in [3.05, 3.63) is 72.9 Å². The predicted molar refractivity (Wildman–Crippen MR) is 261 cm³/mol. The highest BCUT2D eigenvalue weighted by molar-refractivity contribution is 5.71. The van der Waals surface area contributed by atoms with Gasteiger partial charge in [-0.25, -0.2) is 0 Å². The molecule has 350 valence electrons. The van der Waals surface area contributed by atoms with E-state index in [0.717, 1.165) is 109 Å². The largest absolute Gasteiger partial charge is 0.462 e. The lowest BCUT2D eigenvalue weighted by Gasteiger charge is -2.18. The van der Waals surface area contributed by atoms with Crippen LogP contribution in [0.1, 0.15) is 239 Å². The molecule has 0 amide bonds. The maximum atomic E-state index is 12.8. The monoisotopic (exact) mass is 851 g/mol. The van der Waals surface area contributed by atoms with E-state index in [2.05, 4.69) is 93.7 Å². The Balaban J connectivity index is 4.44. The Morgan fingerprint density at radius 3 is 1.02 bits per heavy atom. The van der Waals surface area contributed by atoms with Crippen LogP contribution in [0.2, 0.25) is 0 Å². The van der Waals surface area contributed by atoms with Gasteiger partial charge in [-0.3, -0.25) is 14.4 Å². The first-order valence-corrected chi connectivity index (χ1v) is 25.4. The fourth-order valence-electron chi connectivity index (χ4n) is 6.94. The minimum Gasteiger partial charge on any atom is -0.462 e. The second-order valence-corrected chi connectivity index (χ2v) is 16.7. The summed E-state index contributed by atoms with van der Waals surface area (Å²) in [6.45, 7) is 6.39. The molecule has 0 aromatic heterocycles. The molecule has 0 N–H and O–H groups in total. The minimum atomic E-state index is -0.790. The van der Waals surface area contributed by atoms with Crippen LogP contribution in [0.15, 0.2) is 72.9 Å². The van der Waals surface area contributed by atoms with Crippen molar-refractivity contribution < 1.29 is 28.6 Å². The van der Waals surface area contributed by atoms with E-state index < -0.39 is 6.10 Å². The van der Waals surface area contributed by atoms with Crippen LogP contribution in [-0.2, 0) is 28.6 Å². The number of rotatable bonds is 45. The molecule has 6 heteroatoms. The zero-order chi connectivity index (χ0) is 44.4. The van der Waals surface area contributed by atoms with Crippen LogP contribution < -0.4 is 0 Å². The maximum Gasteiger partial charge on any atom is 0.306 e. The molecule has 0 heterocycles. The summed E-state index contributed by atoms with van der Waals surface area (Å²) in [5, 5.41) is 0. The SMILES string of the molecule is CC/C=C\C/C=C\C/C=C\C/C=C\CCCCCC(=O)OCC(COC(=O)CCCCCCCCCCCCCCC)OC(=O)CCCCCCCCC/C=C\C/C=C\CC. The third kappa shape index (κ3) is 47.7. The van der Waals surface area contributed by atoms with Gasteiger partial charge in [-0.15, -0.1) is 0 Å². The lowest BCUT2D eigenvalue weighted by molar-refractivity contribution is -0.167. The Kier molecular flexibility index (Phi) is 46.9. The van der Waals surface area contributed by atoms with Crippen molar-refractivity contribution in [2.75, 3.05) is 13.2 Å². The van der Waals surface area contributed by atoms with Gasteiger partial charge in [0.05, 0.1) is 0 Å². The zero-order valence-corrected chi connectivity index (χ0v) is 39.9. The predicted octanol–water partition coefficient (Wildman–Crippen LogP) is 16.6. The smallest absolute Gasteiger partial charge is 0.306 e. The van der Waals surface area contributed by atoms with Gasteiger partial charge < -0.3 is 14.2 Å². The zero-order valence-electron chi connectivity index (χ0n) is 39.9. The molecule has 0 aromatic rings. The molecule has 61 heavy (non-hydrogen) atoms. The number of carbonyl (C=O) groups excluding carboxylic acids is 3. The Labute approximate surface area is 376 Å². The Morgan fingerprint density at radius 1 is 0.344 bits per heavy atom. The van der Waals surface area contributed by atoms with Crippen LogP contribution in [0.3, 0.4) is 0 Å². The lowest BCUT2D eigenvalue weighted by atomic mass is 10.0. The van der Waals surface area contributed by atoms with E-state index in [1.54, 1.807) is 0 Å². The number of hydrogen-bond acceptors (Lipinski definition) is 6. The average Bonchev–Trinajstić information content (AvgIpc) is 3.26. The molecule has 0 saturated heterocycles. The summed E-state index contributed by atoms with van der Waals surface area (Å²) >= 11 is 0. The topological polar surface area (TPSA) is 78.9 Å². The van der Waals surface area contributed by atoms with E-state index in [9.17, 15) is 14.4 Å². The highest BCUT2D eigenvalue weighted by Gasteiger charge is 2.19. The van der Waals surface area contributed by atoms with Gasteiger partial charge in [0.25, 0.3) is 0 Å². The van der Waals surface area contributed by atoms with Crippen molar-refractivity contribution in [3.8, 4) is 0 Å². The molecule has 0 aliphatic carbocycles. The van der Waals surface area contributed by atoms with E-state index in [4.69, 9.17) is 14.2 Å². The molecule has 1 unspecified atom stereocenters. The van der Waals surface area contributed by atoms with Crippen molar-refractivity contribution in [1.29, 1.82) is 0 Å². The molecule has 0 aliphatic rings. The number of unbranched alkanes of at least 4 members (excludes halogenated alkanes) is 22. The molecular weight excluding hydrogens is 757 g/mol. The summed E-state index contributed by atoms with van der Waals surface area (Å²) in [6, 6.07) is 0. The number of allylic oxidation sites excluding steroid dienone is 12. The molecule has 0 aliphatic heterocycles. The quantitative estimate of drug-likeness (QED) is 0.0263. The Morgan fingerprint density at radius 2 is 0.639 bits per heavy atom. The highest BCUT2D eigenvalue weighted by atomic mass is 16.6. The second kappa shape index (κ2) is 49.5. The van der Waals surface area contributed by atoms with Gasteiger partial charge in [0.2, 0.25) is 0 Å². The fraction of sp³-hybridized carbons (Fsp3) is 0.727. The summed E-state index contributed by atoms with van der Waals surface area (Å²) < 4.78 is 16.8. The maximum absolute atomic E-state index is 12.8. The van der Waals surface area contributed by atoms with Gasteiger partial charge in [-0.05, 0) is 83.5 Å². The van der Waals surface area contributed by atoms with E-state index in [0.29, 0.717) is 19.3 Å². The molecule has 0 rings (SSSR count). The van der Waals surface area contributed by atoms with E-state index >= 15 is 0 Å². The van der Waals surface area contributed by atoms with Crippen molar-refractivity contribution in [1.82, 2.24) is 0 Å². The van der Waals surface area contributed by atoms with Crippen LogP contribution in [0.25, 0.3) is 0 Å². The van der Waals surface area contributed by atoms with E-state index in [-0.39, 0.29) is 31.1 Å². The fourth-order valence-corrected chi connectivity index (χ4v) is 6.94. The van der Waals surface area contributed by atoms with Crippen molar-refractivity contribution in [3.63, 3.8) is 0 Å². The molecule has 0 aromatic carbocycles. The molecule has 0 radical (unpaired) electrons. The molecule has 0 bridgehead atoms. The first-order valence-electron chi connectivity index (χ1n) is 25.4. The number of esters is 3. The Hall–Kier alpha value is -3.15. The molecular formula is C55H94O6. The third-order valence-electron chi connectivity index (χ3n) is 10.7.